The van der Waals surface area contributed by atoms with Gasteiger partial charge in [-0.15, -0.1) is 0 Å². The number of fused-ring (bicyclic) bond motifs is 12. The van der Waals surface area contributed by atoms with Crippen LogP contribution in [-0.2, 0) is 5.41 Å². The molecule has 0 saturated heterocycles. The first-order valence-corrected chi connectivity index (χ1v) is 14.5. The lowest BCUT2D eigenvalue weighted by molar-refractivity contribution is 0.517. The molecule has 0 aliphatic heterocycles. The van der Waals surface area contributed by atoms with Gasteiger partial charge in [-0.1, -0.05) is 114 Å². The van der Waals surface area contributed by atoms with Crippen LogP contribution in [-0.4, -0.2) is 0 Å². The largest absolute Gasteiger partial charge is 0.0839 e. The van der Waals surface area contributed by atoms with Gasteiger partial charge >= 0.3 is 0 Å². The summed E-state index contributed by atoms with van der Waals surface area (Å²) < 4.78 is 1.16. The second kappa shape index (κ2) is 7.92. The lowest BCUT2D eigenvalue weighted by Crippen LogP contribution is -2.40. The number of hydrogen-bond acceptors (Lipinski definition) is 0. The van der Waals surface area contributed by atoms with E-state index in [-0.39, 0.29) is 5.41 Å². The molecular formula is C36H29Br. The van der Waals surface area contributed by atoms with Gasteiger partial charge in [0.25, 0.3) is 0 Å². The van der Waals surface area contributed by atoms with E-state index in [1.165, 1.54) is 44.5 Å². The summed E-state index contributed by atoms with van der Waals surface area (Å²) in [5.41, 5.74) is 14.8. The minimum absolute atomic E-state index is 0.286. The fourth-order valence-electron chi connectivity index (χ4n) is 8.33. The third kappa shape index (κ3) is 2.69. The van der Waals surface area contributed by atoms with Gasteiger partial charge in [0, 0.05) is 22.2 Å². The molecule has 0 aromatic heterocycles. The molecule has 3 aromatic rings. The highest BCUT2D eigenvalue weighted by Gasteiger charge is 2.56. The molecule has 0 saturated carbocycles. The van der Waals surface area contributed by atoms with E-state index >= 15 is 0 Å². The van der Waals surface area contributed by atoms with Crippen molar-refractivity contribution in [3.05, 3.63) is 158 Å². The molecule has 3 aromatic carbocycles. The van der Waals surface area contributed by atoms with E-state index in [0.717, 1.165) is 23.7 Å². The van der Waals surface area contributed by atoms with Gasteiger partial charge in [0.15, 0.2) is 0 Å². The quantitative estimate of drug-likeness (QED) is 0.288. The molecular weight excluding hydrogens is 512 g/mol. The molecule has 0 heterocycles. The Balaban J connectivity index is 1.59. The molecule has 1 heteroatoms. The molecule has 0 fully saturated rings. The van der Waals surface area contributed by atoms with Crippen molar-refractivity contribution in [2.75, 3.05) is 0 Å². The van der Waals surface area contributed by atoms with Crippen molar-refractivity contribution in [1.29, 1.82) is 0 Å². The Morgan fingerprint density at radius 2 is 1.54 bits per heavy atom. The molecule has 0 bridgehead atoms. The highest BCUT2D eigenvalue weighted by molar-refractivity contribution is 9.10. The molecule has 0 amide bonds. The van der Waals surface area contributed by atoms with Crippen LogP contribution in [0.3, 0.4) is 0 Å². The molecule has 2 atom stereocenters. The van der Waals surface area contributed by atoms with Crippen molar-refractivity contribution in [2.45, 2.75) is 37.5 Å². The first-order chi connectivity index (χ1) is 18.2. The standard InChI is InChI=1S/C36H29Br/c1-2-23-26-13-7-9-17-31(26)36(32-18-10-8-14-27(23)32)33-21-22(37)19-20-30(33)34-28-15-5-3-11-24(28)25-12-4-6-16-29(25)35(34)36/h3-4,6-14,16-21,23,25,29H,2,5,15H2,1H3. The fraction of sp³-hybridized carbons (Fsp3) is 0.222. The van der Waals surface area contributed by atoms with E-state index in [2.05, 4.69) is 126 Å². The average Bonchev–Trinajstić information content (AvgIpc) is 3.25. The molecule has 0 nitrogen and oxygen atoms in total. The van der Waals surface area contributed by atoms with Crippen LogP contribution in [0.1, 0.15) is 65.5 Å². The predicted octanol–water partition coefficient (Wildman–Crippen LogP) is 9.42. The monoisotopic (exact) mass is 540 g/mol. The summed E-state index contributed by atoms with van der Waals surface area (Å²) in [5.74, 6) is 1.16. The Bertz CT molecular complexity index is 1590. The van der Waals surface area contributed by atoms with E-state index in [4.69, 9.17) is 0 Å². The van der Waals surface area contributed by atoms with Crippen molar-refractivity contribution >= 4 is 21.5 Å². The van der Waals surface area contributed by atoms with Gasteiger partial charge in [0.2, 0.25) is 0 Å². The van der Waals surface area contributed by atoms with E-state index in [1.54, 1.807) is 11.1 Å². The fourth-order valence-corrected chi connectivity index (χ4v) is 8.69. The summed E-state index contributed by atoms with van der Waals surface area (Å²) in [6.07, 6.45) is 17.7. The van der Waals surface area contributed by atoms with Crippen LogP contribution in [0.25, 0.3) is 5.57 Å². The third-order valence-electron chi connectivity index (χ3n) is 9.55. The number of halogens is 1. The summed E-state index contributed by atoms with van der Waals surface area (Å²) in [7, 11) is 0. The number of benzene rings is 3. The van der Waals surface area contributed by atoms with Crippen molar-refractivity contribution in [3.8, 4) is 0 Å². The minimum Gasteiger partial charge on any atom is -0.0839 e. The van der Waals surface area contributed by atoms with Gasteiger partial charge < -0.3 is 0 Å². The topological polar surface area (TPSA) is 0 Å². The van der Waals surface area contributed by atoms with Crippen LogP contribution in [0.2, 0.25) is 0 Å². The number of allylic oxidation sites excluding steroid dienone is 10. The summed E-state index contributed by atoms with van der Waals surface area (Å²) in [5, 5.41) is 0. The Labute approximate surface area is 228 Å². The highest BCUT2D eigenvalue weighted by atomic mass is 79.9. The normalized spacial score (nSPS) is 28.0. The van der Waals surface area contributed by atoms with Gasteiger partial charge in [-0.3, -0.25) is 0 Å². The molecule has 2 unspecified atom stereocenters. The summed E-state index contributed by atoms with van der Waals surface area (Å²) in [4.78, 5) is 0. The van der Waals surface area contributed by atoms with Gasteiger partial charge in [0.1, 0.15) is 0 Å². The van der Waals surface area contributed by atoms with Gasteiger partial charge in [0.05, 0.1) is 5.41 Å². The summed E-state index contributed by atoms with van der Waals surface area (Å²) in [6.45, 7) is 2.34. The third-order valence-corrected chi connectivity index (χ3v) is 10.0. The minimum atomic E-state index is -0.286. The molecule has 37 heavy (non-hydrogen) atoms. The molecule has 0 N–H and O–H groups in total. The maximum atomic E-state index is 3.89. The molecule has 0 radical (unpaired) electrons. The van der Waals surface area contributed by atoms with Crippen LogP contribution < -0.4 is 0 Å². The second-order valence-electron chi connectivity index (χ2n) is 11.1. The van der Waals surface area contributed by atoms with Crippen LogP contribution in [0, 0.1) is 11.8 Å². The summed E-state index contributed by atoms with van der Waals surface area (Å²) >= 11 is 3.89. The van der Waals surface area contributed by atoms with Crippen LogP contribution in [0.15, 0.2) is 124 Å². The predicted molar refractivity (Wildman–Crippen MR) is 157 cm³/mol. The van der Waals surface area contributed by atoms with Crippen molar-refractivity contribution in [1.82, 2.24) is 0 Å². The maximum absolute atomic E-state index is 3.89. The van der Waals surface area contributed by atoms with Gasteiger partial charge in [-0.2, -0.15) is 0 Å². The molecule has 8 rings (SSSR count). The highest BCUT2D eigenvalue weighted by Crippen LogP contribution is 2.67. The molecule has 5 aliphatic rings. The Hall–Kier alpha value is -3.16. The molecule has 5 aliphatic carbocycles. The zero-order valence-electron chi connectivity index (χ0n) is 21.0. The number of hydrogen-bond donors (Lipinski definition) is 0. The maximum Gasteiger partial charge on any atom is 0.0688 e. The van der Waals surface area contributed by atoms with E-state index in [9.17, 15) is 0 Å². The Morgan fingerprint density at radius 3 is 2.27 bits per heavy atom. The zero-order valence-corrected chi connectivity index (χ0v) is 22.6. The van der Waals surface area contributed by atoms with Crippen LogP contribution >= 0.6 is 15.9 Å². The van der Waals surface area contributed by atoms with Crippen molar-refractivity contribution in [2.24, 2.45) is 11.8 Å². The SMILES string of the molecule is CCC1c2ccccc2C2(C3=C(C4=C(C=CCC4)C4C=CC=CC34)c3ccc(Br)cc32)c2ccccc21. The van der Waals surface area contributed by atoms with Crippen LogP contribution in [0.4, 0.5) is 0 Å². The summed E-state index contributed by atoms with van der Waals surface area (Å²) in [6, 6.07) is 25.8. The number of rotatable bonds is 1. The first kappa shape index (κ1) is 21.9. The Morgan fingerprint density at radius 1 is 0.838 bits per heavy atom. The lowest BCUT2D eigenvalue weighted by atomic mass is 9.54. The molecule has 1 spiro atoms. The van der Waals surface area contributed by atoms with Gasteiger partial charge in [-0.25, -0.2) is 0 Å². The zero-order chi connectivity index (χ0) is 24.7. The Kier molecular flexibility index (Phi) is 4.68. The smallest absolute Gasteiger partial charge is 0.0688 e. The van der Waals surface area contributed by atoms with Crippen LogP contribution in [0.5, 0.6) is 0 Å². The first-order valence-electron chi connectivity index (χ1n) is 13.7. The van der Waals surface area contributed by atoms with E-state index in [0.29, 0.717) is 17.8 Å². The second-order valence-corrected chi connectivity index (χ2v) is 12.0. The molecule has 180 valence electrons. The van der Waals surface area contributed by atoms with Crippen molar-refractivity contribution < 1.29 is 0 Å². The van der Waals surface area contributed by atoms with Crippen molar-refractivity contribution in [3.63, 3.8) is 0 Å². The van der Waals surface area contributed by atoms with Gasteiger partial charge in [-0.05, 0) is 87.1 Å². The van der Waals surface area contributed by atoms with E-state index < -0.39 is 0 Å². The van der Waals surface area contributed by atoms with E-state index in [1.807, 2.05) is 0 Å². The average molecular weight is 542 g/mol. The lowest BCUT2D eigenvalue weighted by Gasteiger charge is -2.48.